The molecule has 144 valence electrons. The molecular weight excluding hydrogens is 370 g/mol. The Morgan fingerprint density at radius 3 is 2.33 bits per heavy atom. The summed E-state index contributed by atoms with van der Waals surface area (Å²) in [6, 6.07) is 8.45. The molecular formula is C20H22ClNO5. The van der Waals surface area contributed by atoms with Gasteiger partial charge in [-0.15, -0.1) is 0 Å². The van der Waals surface area contributed by atoms with Gasteiger partial charge in [0.05, 0.1) is 19.9 Å². The fourth-order valence-corrected chi connectivity index (χ4v) is 2.58. The summed E-state index contributed by atoms with van der Waals surface area (Å²) in [6.45, 7) is 5.15. The van der Waals surface area contributed by atoms with E-state index in [0.717, 1.165) is 11.1 Å². The number of carbonyl (C=O) groups excluding carboxylic acids is 2. The van der Waals surface area contributed by atoms with E-state index in [4.69, 9.17) is 25.8 Å². The van der Waals surface area contributed by atoms with Crippen molar-refractivity contribution in [1.29, 1.82) is 0 Å². The molecule has 27 heavy (non-hydrogen) atoms. The molecule has 0 saturated carbocycles. The van der Waals surface area contributed by atoms with Gasteiger partial charge < -0.3 is 19.5 Å². The van der Waals surface area contributed by atoms with Gasteiger partial charge in [-0.25, -0.2) is 4.79 Å². The van der Waals surface area contributed by atoms with Gasteiger partial charge in [0.2, 0.25) is 0 Å². The van der Waals surface area contributed by atoms with Gasteiger partial charge in [0.25, 0.3) is 5.91 Å². The van der Waals surface area contributed by atoms with Crippen molar-refractivity contribution < 1.29 is 23.8 Å². The number of hydrogen-bond acceptors (Lipinski definition) is 5. The summed E-state index contributed by atoms with van der Waals surface area (Å²) in [7, 11) is 2.94. The molecule has 0 fully saturated rings. The monoisotopic (exact) mass is 391 g/mol. The molecule has 2 rings (SSSR count). The van der Waals surface area contributed by atoms with Crippen LogP contribution < -0.4 is 14.8 Å². The summed E-state index contributed by atoms with van der Waals surface area (Å²) in [4.78, 5) is 24.9. The minimum absolute atomic E-state index is 0.261. The first kappa shape index (κ1) is 20.6. The minimum atomic E-state index is -1.02. The number of benzene rings is 2. The second-order valence-electron chi connectivity index (χ2n) is 6.04. The lowest BCUT2D eigenvalue weighted by atomic mass is 10.1. The highest BCUT2D eigenvalue weighted by Crippen LogP contribution is 2.31. The summed E-state index contributed by atoms with van der Waals surface area (Å²) in [5.74, 6) is -0.335. The number of nitrogens with one attached hydrogen (secondary N) is 1. The molecule has 6 nitrogen and oxygen atoms in total. The van der Waals surface area contributed by atoms with Gasteiger partial charge in [0.1, 0.15) is 17.1 Å². The van der Waals surface area contributed by atoms with Crippen molar-refractivity contribution in [2.75, 3.05) is 19.5 Å². The third-order valence-corrected chi connectivity index (χ3v) is 4.37. The third kappa shape index (κ3) is 4.92. The van der Waals surface area contributed by atoms with Gasteiger partial charge >= 0.3 is 5.97 Å². The summed E-state index contributed by atoms with van der Waals surface area (Å²) in [5, 5.41) is 3.22. The Morgan fingerprint density at radius 1 is 1.04 bits per heavy atom. The smallest absolute Gasteiger partial charge is 0.342 e. The number of hydrogen-bond donors (Lipinski definition) is 1. The zero-order valence-electron chi connectivity index (χ0n) is 15.9. The van der Waals surface area contributed by atoms with Gasteiger partial charge in [0.15, 0.2) is 6.10 Å². The number of esters is 1. The van der Waals surface area contributed by atoms with E-state index < -0.39 is 18.0 Å². The molecule has 0 aliphatic carbocycles. The Kier molecular flexibility index (Phi) is 6.69. The molecule has 2 aromatic rings. The Balaban J connectivity index is 2.14. The zero-order valence-corrected chi connectivity index (χ0v) is 16.6. The van der Waals surface area contributed by atoms with Crippen LogP contribution in [0.2, 0.25) is 5.02 Å². The van der Waals surface area contributed by atoms with Gasteiger partial charge in [-0.2, -0.15) is 0 Å². The van der Waals surface area contributed by atoms with Gasteiger partial charge in [-0.1, -0.05) is 23.2 Å². The Hall–Kier alpha value is -2.73. The number of rotatable bonds is 6. The van der Waals surface area contributed by atoms with Crippen LogP contribution in [0.25, 0.3) is 0 Å². The number of amides is 1. The highest BCUT2D eigenvalue weighted by atomic mass is 35.5. The van der Waals surface area contributed by atoms with Crippen LogP contribution in [0.15, 0.2) is 30.3 Å². The molecule has 0 bridgehead atoms. The van der Waals surface area contributed by atoms with Gasteiger partial charge in [-0.3, -0.25) is 4.79 Å². The SMILES string of the molecule is COc1cc(Cl)c(C)cc1NC(=O)[C@@H](C)OC(=O)c1cc(C)ccc1OC. The van der Waals surface area contributed by atoms with Crippen LogP contribution in [0.3, 0.4) is 0 Å². The van der Waals surface area contributed by atoms with Crippen LogP contribution in [-0.2, 0) is 9.53 Å². The number of carbonyl (C=O) groups is 2. The van der Waals surface area contributed by atoms with Gasteiger partial charge in [0, 0.05) is 11.1 Å². The molecule has 7 heteroatoms. The van der Waals surface area contributed by atoms with Crippen LogP contribution in [-0.4, -0.2) is 32.2 Å². The van der Waals surface area contributed by atoms with E-state index in [1.54, 1.807) is 24.3 Å². The molecule has 0 spiro atoms. The molecule has 0 unspecified atom stereocenters. The van der Waals surface area contributed by atoms with E-state index in [9.17, 15) is 9.59 Å². The predicted molar refractivity (Wildman–Crippen MR) is 104 cm³/mol. The minimum Gasteiger partial charge on any atom is -0.496 e. The molecule has 0 aromatic heterocycles. The summed E-state index contributed by atoms with van der Waals surface area (Å²) in [6.07, 6.45) is -1.02. The van der Waals surface area contributed by atoms with E-state index in [1.807, 2.05) is 19.9 Å². The maximum atomic E-state index is 12.5. The van der Waals surface area contributed by atoms with Crippen molar-refractivity contribution in [3.63, 3.8) is 0 Å². The molecule has 1 atom stereocenters. The average Bonchev–Trinajstić information content (AvgIpc) is 2.64. The Bertz CT molecular complexity index is 866. The molecule has 1 N–H and O–H groups in total. The van der Waals surface area contributed by atoms with Crippen LogP contribution in [0.1, 0.15) is 28.4 Å². The van der Waals surface area contributed by atoms with E-state index in [2.05, 4.69) is 5.32 Å². The second-order valence-corrected chi connectivity index (χ2v) is 6.45. The highest BCUT2D eigenvalue weighted by Gasteiger charge is 2.22. The lowest BCUT2D eigenvalue weighted by molar-refractivity contribution is -0.123. The largest absolute Gasteiger partial charge is 0.496 e. The maximum Gasteiger partial charge on any atom is 0.342 e. The first-order valence-corrected chi connectivity index (χ1v) is 8.65. The summed E-state index contributed by atoms with van der Waals surface area (Å²) in [5.41, 5.74) is 2.36. The Labute approximate surface area is 163 Å². The van der Waals surface area contributed by atoms with E-state index >= 15 is 0 Å². The van der Waals surface area contributed by atoms with Crippen molar-refractivity contribution in [1.82, 2.24) is 0 Å². The quantitative estimate of drug-likeness (QED) is 0.748. The fraction of sp³-hybridized carbons (Fsp3) is 0.300. The third-order valence-electron chi connectivity index (χ3n) is 3.97. The van der Waals surface area contributed by atoms with Crippen LogP contribution in [0.5, 0.6) is 11.5 Å². The summed E-state index contributed by atoms with van der Waals surface area (Å²) < 4.78 is 15.7. The normalized spacial score (nSPS) is 11.5. The van der Waals surface area contributed by atoms with E-state index in [-0.39, 0.29) is 5.56 Å². The van der Waals surface area contributed by atoms with Crippen molar-refractivity contribution in [3.8, 4) is 11.5 Å². The van der Waals surface area contributed by atoms with Gasteiger partial charge in [-0.05, 0) is 44.5 Å². The number of aryl methyl sites for hydroxylation is 2. The topological polar surface area (TPSA) is 73.9 Å². The maximum absolute atomic E-state index is 12.5. The van der Waals surface area contributed by atoms with Crippen molar-refractivity contribution in [2.24, 2.45) is 0 Å². The van der Waals surface area contributed by atoms with Crippen molar-refractivity contribution in [3.05, 3.63) is 52.0 Å². The van der Waals surface area contributed by atoms with E-state index in [0.29, 0.717) is 22.2 Å². The fourth-order valence-electron chi connectivity index (χ4n) is 2.42. The first-order chi connectivity index (χ1) is 12.8. The molecule has 0 saturated heterocycles. The molecule has 0 radical (unpaired) electrons. The van der Waals surface area contributed by atoms with Crippen molar-refractivity contribution >= 4 is 29.2 Å². The zero-order chi connectivity index (χ0) is 20.1. The molecule has 0 aliphatic rings. The van der Waals surface area contributed by atoms with Crippen LogP contribution in [0.4, 0.5) is 5.69 Å². The lowest BCUT2D eigenvalue weighted by Crippen LogP contribution is -2.30. The molecule has 0 heterocycles. The molecule has 0 aliphatic heterocycles. The number of ether oxygens (including phenoxy) is 3. The number of halogens is 1. The van der Waals surface area contributed by atoms with Crippen LogP contribution in [0, 0.1) is 13.8 Å². The standard InChI is InChI=1S/C20H22ClNO5/c1-11-6-7-17(25-4)14(8-11)20(24)27-13(3)19(23)22-16-9-12(2)15(21)10-18(16)26-5/h6-10,13H,1-5H3,(H,22,23)/t13-/m1/s1. The molecule has 1 amide bonds. The first-order valence-electron chi connectivity index (χ1n) is 8.27. The number of anilines is 1. The highest BCUT2D eigenvalue weighted by molar-refractivity contribution is 6.31. The Morgan fingerprint density at radius 2 is 1.70 bits per heavy atom. The molecule has 2 aromatic carbocycles. The number of methoxy groups -OCH3 is 2. The lowest BCUT2D eigenvalue weighted by Gasteiger charge is -2.17. The van der Waals surface area contributed by atoms with Crippen molar-refractivity contribution in [2.45, 2.75) is 26.9 Å². The van der Waals surface area contributed by atoms with E-state index in [1.165, 1.54) is 21.1 Å². The van der Waals surface area contributed by atoms with Crippen LogP contribution >= 0.6 is 11.6 Å². The predicted octanol–water partition coefficient (Wildman–Crippen LogP) is 4.16. The average molecular weight is 392 g/mol. The second kappa shape index (κ2) is 8.77. The summed E-state index contributed by atoms with van der Waals surface area (Å²) >= 11 is 6.07.